The zero-order valence-electron chi connectivity index (χ0n) is 27.2. The van der Waals surface area contributed by atoms with E-state index in [9.17, 15) is 5.11 Å². The van der Waals surface area contributed by atoms with Gasteiger partial charge < -0.3 is 9.67 Å². The monoisotopic (exact) mass is 637 g/mol. The summed E-state index contributed by atoms with van der Waals surface area (Å²) in [6.07, 6.45) is 0. The summed E-state index contributed by atoms with van der Waals surface area (Å²) in [5, 5.41) is 12.7. The van der Waals surface area contributed by atoms with Gasteiger partial charge in [-0.05, 0) is 80.4 Å². The largest absolute Gasteiger partial charge is 0.508 e. The van der Waals surface area contributed by atoms with Crippen LogP contribution in [0.2, 0.25) is 0 Å². The SMILES string of the molecule is Oc1ccc2c(c1)[C@]1(C3=C2C(c2ccccc2)(c2ccccc2)c2ccccc23)c2ccccc2-c2c1c1ccccc1n2-c1ccccc1. The van der Waals surface area contributed by atoms with E-state index < -0.39 is 10.8 Å². The number of fused-ring (bicyclic) bond motifs is 13. The van der Waals surface area contributed by atoms with Crippen molar-refractivity contribution in [3.8, 4) is 22.7 Å². The van der Waals surface area contributed by atoms with Crippen LogP contribution in [0, 0.1) is 0 Å². The zero-order valence-corrected chi connectivity index (χ0v) is 27.2. The summed E-state index contributed by atoms with van der Waals surface area (Å²) in [5.74, 6) is 0.278. The molecule has 2 nitrogen and oxygen atoms in total. The Morgan fingerprint density at radius 2 is 0.940 bits per heavy atom. The van der Waals surface area contributed by atoms with Gasteiger partial charge in [-0.15, -0.1) is 0 Å². The van der Waals surface area contributed by atoms with Gasteiger partial charge in [-0.2, -0.15) is 0 Å². The topological polar surface area (TPSA) is 25.2 Å². The van der Waals surface area contributed by atoms with Crippen LogP contribution in [0.3, 0.4) is 0 Å². The van der Waals surface area contributed by atoms with Crippen LogP contribution < -0.4 is 0 Å². The van der Waals surface area contributed by atoms with Gasteiger partial charge in [0, 0.05) is 22.2 Å². The molecule has 234 valence electrons. The van der Waals surface area contributed by atoms with E-state index in [2.05, 4.69) is 180 Å². The van der Waals surface area contributed by atoms with Gasteiger partial charge in [-0.3, -0.25) is 0 Å². The Balaban J connectivity index is 1.41. The van der Waals surface area contributed by atoms with Crippen LogP contribution in [0.5, 0.6) is 5.75 Å². The lowest BCUT2D eigenvalue weighted by molar-refractivity contribution is 0.474. The first-order valence-electron chi connectivity index (χ1n) is 17.3. The molecule has 0 unspecified atom stereocenters. The van der Waals surface area contributed by atoms with E-state index in [4.69, 9.17) is 0 Å². The Bertz CT molecular complexity index is 2660. The minimum Gasteiger partial charge on any atom is -0.508 e. The van der Waals surface area contributed by atoms with E-state index in [0.717, 1.165) is 11.3 Å². The average Bonchev–Trinajstić information content (AvgIpc) is 3.87. The number of aromatic hydroxyl groups is 1. The number of nitrogens with zero attached hydrogens (tertiary/aromatic N) is 1. The molecule has 0 bridgehead atoms. The molecule has 3 aliphatic carbocycles. The van der Waals surface area contributed by atoms with Gasteiger partial charge in [-0.1, -0.05) is 152 Å². The summed E-state index contributed by atoms with van der Waals surface area (Å²) in [6, 6.07) is 65.8. The van der Waals surface area contributed by atoms with Gasteiger partial charge in [0.05, 0.1) is 22.0 Å². The Hall–Kier alpha value is -6.38. The third kappa shape index (κ3) is 3.15. The van der Waals surface area contributed by atoms with E-state index in [1.54, 1.807) is 0 Å². The number of phenolic OH excluding ortho intramolecular Hbond substituents is 1. The summed E-state index contributed by atoms with van der Waals surface area (Å²) < 4.78 is 2.46. The van der Waals surface area contributed by atoms with E-state index in [-0.39, 0.29) is 5.75 Å². The molecule has 1 N–H and O–H groups in total. The lowest BCUT2D eigenvalue weighted by Gasteiger charge is -2.36. The van der Waals surface area contributed by atoms with Crippen molar-refractivity contribution in [1.29, 1.82) is 0 Å². The smallest absolute Gasteiger partial charge is 0.115 e. The molecule has 3 aliphatic rings. The Kier molecular flexibility index (Phi) is 5.42. The van der Waals surface area contributed by atoms with Crippen LogP contribution in [0.15, 0.2) is 182 Å². The van der Waals surface area contributed by atoms with Gasteiger partial charge >= 0.3 is 0 Å². The molecule has 0 fully saturated rings. The zero-order chi connectivity index (χ0) is 33.0. The molecule has 1 aromatic heterocycles. The maximum absolute atomic E-state index is 11.4. The quantitative estimate of drug-likeness (QED) is 0.205. The molecule has 0 aliphatic heterocycles. The molecule has 0 saturated heterocycles. The third-order valence-corrected chi connectivity index (χ3v) is 11.5. The fraction of sp³-hybridized carbons (Fsp3) is 0.0417. The molecule has 8 aromatic rings. The highest BCUT2D eigenvalue weighted by Gasteiger charge is 2.62. The van der Waals surface area contributed by atoms with Crippen molar-refractivity contribution in [2.24, 2.45) is 0 Å². The van der Waals surface area contributed by atoms with Crippen LogP contribution in [0.25, 0.3) is 39.0 Å². The average molecular weight is 638 g/mol. The number of hydrogen-bond donors (Lipinski definition) is 1. The number of aromatic nitrogens is 1. The normalized spacial score (nSPS) is 17.4. The summed E-state index contributed by atoms with van der Waals surface area (Å²) in [4.78, 5) is 0. The second-order valence-corrected chi connectivity index (χ2v) is 13.7. The number of phenols is 1. The van der Waals surface area contributed by atoms with Crippen molar-refractivity contribution >= 4 is 22.0 Å². The number of hydrogen-bond acceptors (Lipinski definition) is 1. The Morgan fingerprint density at radius 1 is 0.420 bits per heavy atom. The minimum atomic E-state index is -0.684. The standard InChI is InChI=1S/C48H31NO/c50-34-28-29-36-41(30-34)48(40-26-14-11-23-37(40)46-45(48)38-24-12-15-27-42(38)49(46)33-20-8-3-9-21-33)44-35-22-10-13-25-39(35)47(43(36)44,31-16-4-1-5-17-31)32-18-6-2-7-19-32/h1-30,50H/t48-/m0/s1. The number of allylic oxidation sites excluding steroid dienone is 2. The van der Waals surface area contributed by atoms with Crippen LogP contribution in [-0.2, 0) is 10.8 Å². The van der Waals surface area contributed by atoms with Crippen molar-refractivity contribution in [2.45, 2.75) is 10.8 Å². The van der Waals surface area contributed by atoms with Crippen molar-refractivity contribution in [3.63, 3.8) is 0 Å². The molecule has 0 saturated carbocycles. The van der Waals surface area contributed by atoms with Crippen molar-refractivity contribution in [2.75, 3.05) is 0 Å². The van der Waals surface area contributed by atoms with E-state index >= 15 is 0 Å². The minimum absolute atomic E-state index is 0.278. The highest BCUT2D eigenvalue weighted by Crippen LogP contribution is 2.73. The van der Waals surface area contributed by atoms with Crippen LogP contribution in [0.1, 0.15) is 44.5 Å². The van der Waals surface area contributed by atoms with Crippen molar-refractivity contribution in [1.82, 2.24) is 4.57 Å². The third-order valence-electron chi connectivity index (χ3n) is 11.5. The maximum atomic E-state index is 11.4. The first-order chi connectivity index (χ1) is 24.8. The predicted molar refractivity (Wildman–Crippen MR) is 203 cm³/mol. The molecular formula is C48H31NO. The van der Waals surface area contributed by atoms with Crippen LogP contribution >= 0.6 is 0 Å². The van der Waals surface area contributed by atoms with Gasteiger partial charge in [0.1, 0.15) is 5.75 Å². The summed E-state index contributed by atoms with van der Waals surface area (Å²) >= 11 is 0. The molecule has 2 heteroatoms. The van der Waals surface area contributed by atoms with E-state index in [1.165, 1.54) is 72.3 Å². The van der Waals surface area contributed by atoms with E-state index in [1.807, 2.05) is 6.07 Å². The first-order valence-corrected chi connectivity index (χ1v) is 17.3. The number of para-hydroxylation sites is 2. The molecule has 1 heterocycles. The Morgan fingerprint density at radius 3 is 1.64 bits per heavy atom. The second-order valence-electron chi connectivity index (χ2n) is 13.7. The second kappa shape index (κ2) is 9.84. The van der Waals surface area contributed by atoms with Crippen molar-refractivity contribution in [3.05, 3.63) is 226 Å². The maximum Gasteiger partial charge on any atom is 0.115 e. The van der Waals surface area contributed by atoms with Crippen LogP contribution in [0.4, 0.5) is 0 Å². The molecule has 7 aromatic carbocycles. The Labute approximate surface area is 290 Å². The van der Waals surface area contributed by atoms with Gasteiger partial charge in [0.15, 0.2) is 0 Å². The van der Waals surface area contributed by atoms with Gasteiger partial charge in [0.25, 0.3) is 0 Å². The molecule has 0 radical (unpaired) electrons. The molecular weight excluding hydrogens is 607 g/mol. The summed E-state index contributed by atoms with van der Waals surface area (Å²) in [6.45, 7) is 0. The summed E-state index contributed by atoms with van der Waals surface area (Å²) in [5.41, 5.74) is 15.9. The molecule has 50 heavy (non-hydrogen) atoms. The lowest BCUT2D eigenvalue weighted by atomic mass is 9.65. The molecule has 1 atom stereocenters. The van der Waals surface area contributed by atoms with Gasteiger partial charge in [-0.25, -0.2) is 0 Å². The number of benzene rings is 7. The van der Waals surface area contributed by atoms with Gasteiger partial charge in [0.2, 0.25) is 0 Å². The summed E-state index contributed by atoms with van der Waals surface area (Å²) in [7, 11) is 0. The van der Waals surface area contributed by atoms with Crippen molar-refractivity contribution < 1.29 is 5.11 Å². The fourth-order valence-corrected chi connectivity index (χ4v) is 9.96. The highest BCUT2D eigenvalue weighted by atomic mass is 16.3. The molecule has 1 spiro atoms. The van der Waals surface area contributed by atoms with Crippen LogP contribution in [-0.4, -0.2) is 9.67 Å². The fourth-order valence-electron chi connectivity index (χ4n) is 9.96. The predicted octanol–water partition coefficient (Wildman–Crippen LogP) is 10.9. The first kappa shape index (κ1) is 27.6. The lowest BCUT2D eigenvalue weighted by Crippen LogP contribution is -2.29. The van der Waals surface area contributed by atoms with E-state index in [0.29, 0.717) is 0 Å². The number of rotatable bonds is 3. The highest BCUT2D eigenvalue weighted by molar-refractivity contribution is 6.19. The molecule has 11 rings (SSSR count). The molecule has 0 amide bonds.